The van der Waals surface area contributed by atoms with Crippen LogP contribution in [0.2, 0.25) is 0 Å². The summed E-state index contributed by atoms with van der Waals surface area (Å²) in [5.74, 6) is -1.13. The third kappa shape index (κ3) is 3.40. The predicted octanol–water partition coefficient (Wildman–Crippen LogP) is 3.25. The van der Waals surface area contributed by atoms with Crippen molar-refractivity contribution in [2.24, 2.45) is 0 Å². The molecule has 0 spiro atoms. The molecular weight excluding hydrogens is 295 g/mol. The van der Waals surface area contributed by atoms with Crippen LogP contribution in [0.5, 0.6) is 0 Å². The van der Waals surface area contributed by atoms with Gasteiger partial charge in [0.1, 0.15) is 11.9 Å². The molecule has 0 bridgehead atoms. The summed E-state index contributed by atoms with van der Waals surface area (Å²) in [7, 11) is 0. The smallest absolute Gasteiger partial charge is 0.320 e. The third-order valence-corrected chi connectivity index (χ3v) is 4.35. The first-order valence-electron chi connectivity index (χ1n) is 7.81. The molecule has 1 saturated heterocycles. The minimum Gasteiger partial charge on any atom is -0.480 e. The Morgan fingerprint density at radius 2 is 2.00 bits per heavy atom. The molecule has 3 rings (SSSR count). The number of hydrogen-bond acceptors (Lipinski definition) is 3. The highest BCUT2D eigenvalue weighted by Gasteiger charge is 2.35. The highest BCUT2D eigenvalue weighted by atomic mass is 19.1. The molecule has 0 saturated carbocycles. The van der Waals surface area contributed by atoms with Crippen LogP contribution in [0.1, 0.15) is 36.4 Å². The lowest BCUT2D eigenvalue weighted by atomic mass is 9.92. The Labute approximate surface area is 134 Å². The minimum absolute atomic E-state index is 0.282. The molecule has 1 N–H and O–H groups in total. The van der Waals surface area contributed by atoms with Crippen molar-refractivity contribution >= 4 is 5.97 Å². The predicted molar refractivity (Wildman–Crippen MR) is 84.5 cm³/mol. The van der Waals surface area contributed by atoms with Gasteiger partial charge in [-0.05, 0) is 54.8 Å². The van der Waals surface area contributed by atoms with Gasteiger partial charge in [0, 0.05) is 12.4 Å². The van der Waals surface area contributed by atoms with Crippen LogP contribution in [-0.4, -0.2) is 33.5 Å². The lowest BCUT2D eigenvalue weighted by Gasteiger charge is -2.39. The van der Waals surface area contributed by atoms with Gasteiger partial charge in [-0.1, -0.05) is 18.6 Å². The normalized spacial score (nSPS) is 20.1. The Morgan fingerprint density at radius 3 is 2.70 bits per heavy atom. The van der Waals surface area contributed by atoms with Crippen LogP contribution in [0.3, 0.4) is 0 Å². The minimum atomic E-state index is -0.819. The Kier molecular flexibility index (Phi) is 4.67. The fraction of sp³-hybridized carbons (Fsp3) is 0.333. The van der Waals surface area contributed by atoms with Gasteiger partial charge in [0.15, 0.2) is 0 Å². The monoisotopic (exact) mass is 314 g/mol. The van der Waals surface area contributed by atoms with Crippen molar-refractivity contribution < 1.29 is 14.3 Å². The number of benzene rings is 1. The summed E-state index contributed by atoms with van der Waals surface area (Å²) < 4.78 is 13.7. The van der Waals surface area contributed by atoms with Gasteiger partial charge >= 0.3 is 5.97 Å². The Balaban J connectivity index is 2.06. The van der Waals surface area contributed by atoms with Crippen molar-refractivity contribution in [1.29, 1.82) is 0 Å². The fourth-order valence-electron chi connectivity index (χ4n) is 3.33. The number of aliphatic carboxylic acids is 1. The van der Waals surface area contributed by atoms with Gasteiger partial charge in [0.25, 0.3) is 0 Å². The number of nitrogens with zero attached hydrogens (tertiary/aromatic N) is 2. The first kappa shape index (κ1) is 15.6. The number of carboxylic acid groups (broad SMARTS) is 1. The van der Waals surface area contributed by atoms with Crippen LogP contribution >= 0.6 is 0 Å². The number of halogens is 1. The van der Waals surface area contributed by atoms with E-state index in [2.05, 4.69) is 4.98 Å². The zero-order valence-corrected chi connectivity index (χ0v) is 12.7. The van der Waals surface area contributed by atoms with E-state index in [1.165, 1.54) is 12.1 Å². The maximum atomic E-state index is 13.7. The zero-order chi connectivity index (χ0) is 16.2. The van der Waals surface area contributed by atoms with E-state index < -0.39 is 12.0 Å². The SMILES string of the molecule is O=C(O)C1CCCCN1C(c1ccncc1)c1cccc(F)c1. The number of piperidine rings is 1. The number of carboxylic acids is 1. The van der Waals surface area contributed by atoms with Crippen molar-refractivity contribution in [3.63, 3.8) is 0 Å². The van der Waals surface area contributed by atoms with E-state index in [1.54, 1.807) is 18.5 Å². The number of likely N-dealkylation sites (tertiary alicyclic amines) is 1. The molecule has 0 aliphatic carbocycles. The summed E-state index contributed by atoms with van der Waals surface area (Å²) in [6, 6.07) is 9.29. The molecule has 4 nitrogen and oxygen atoms in total. The molecule has 1 aliphatic heterocycles. The molecule has 2 unspecified atom stereocenters. The van der Waals surface area contributed by atoms with Crippen molar-refractivity contribution in [1.82, 2.24) is 9.88 Å². The van der Waals surface area contributed by atoms with E-state index >= 15 is 0 Å². The second-order valence-corrected chi connectivity index (χ2v) is 5.83. The van der Waals surface area contributed by atoms with Gasteiger partial charge < -0.3 is 5.11 Å². The molecule has 5 heteroatoms. The van der Waals surface area contributed by atoms with Gasteiger partial charge in [-0.25, -0.2) is 4.39 Å². The van der Waals surface area contributed by atoms with Gasteiger partial charge in [-0.2, -0.15) is 0 Å². The molecule has 1 aliphatic rings. The molecule has 2 atom stereocenters. The number of pyridine rings is 1. The summed E-state index contributed by atoms with van der Waals surface area (Å²) in [4.78, 5) is 17.7. The number of rotatable bonds is 4. The van der Waals surface area contributed by atoms with E-state index in [1.807, 2.05) is 23.1 Å². The Morgan fingerprint density at radius 1 is 1.22 bits per heavy atom. The van der Waals surface area contributed by atoms with E-state index in [0.717, 1.165) is 24.0 Å². The van der Waals surface area contributed by atoms with Crippen molar-refractivity contribution in [3.8, 4) is 0 Å². The largest absolute Gasteiger partial charge is 0.480 e. The molecule has 2 heterocycles. The molecule has 0 radical (unpaired) electrons. The van der Waals surface area contributed by atoms with Crippen LogP contribution in [0.4, 0.5) is 4.39 Å². The van der Waals surface area contributed by atoms with Crippen LogP contribution < -0.4 is 0 Å². The maximum Gasteiger partial charge on any atom is 0.320 e. The summed E-state index contributed by atoms with van der Waals surface area (Å²) in [5.41, 5.74) is 1.70. The Bertz CT molecular complexity index is 678. The van der Waals surface area contributed by atoms with Crippen molar-refractivity contribution in [3.05, 3.63) is 65.7 Å². The van der Waals surface area contributed by atoms with Gasteiger partial charge in [0.2, 0.25) is 0 Å². The molecule has 1 fully saturated rings. The average Bonchev–Trinajstić information content (AvgIpc) is 2.56. The van der Waals surface area contributed by atoms with Gasteiger partial charge in [0.05, 0.1) is 6.04 Å². The molecule has 2 aromatic rings. The van der Waals surface area contributed by atoms with Crippen LogP contribution in [0, 0.1) is 5.82 Å². The van der Waals surface area contributed by atoms with E-state index in [4.69, 9.17) is 0 Å². The van der Waals surface area contributed by atoms with Crippen molar-refractivity contribution in [2.75, 3.05) is 6.54 Å². The third-order valence-electron chi connectivity index (χ3n) is 4.35. The highest BCUT2D eigenvalue weighted by Crippen LogP contribution is 2.34. The van der Waals surface area contributed by atoms with Crippen LogP contribution in [0.25, 0.3) is 0 Å². The molecule has 0 amide bonds. The van der Waals surface area contributed by atoms with Crippen LogP contribution in [-0.2, 0) is 4.79 Å². The number of hydrogen-bond donors (Lipinski definition) is 1. The van der Waals surface area contributed by atoms with Crippen LogP contribution in [0.15, 0.2) is 48.8 Å². The molecular formula is C18H19FN2O2. The molecule has 1 aromatic carbocycles. The average molecular weight is 314 g/mol. The summed E-state index contributed by atoms with van der Waals surface area (Å²) in [5, 5.41) is 9.58. The lowest BCUT2D eigenvalue weighted by molar-refractivity contribution is -0.145. The summed E-state index contributed by atoms with van der Waals surface area (Å²) >= 11 is 0. The quantitative estimate of drug-likeness (QED) is 0.941. The van der Waals surface area contributed by atoms with E-state index in [9.17, 15) is 14.3 Å². The maximum absolute atomic E-state index is 13.7. The topological polar surface area (TPSA) is 53.4 Å². The molecule has 120 valence electrons. The van der Waals surface area contributed by atoms with Crippen molar-refractivity contribution in [2.45, 2.75) is 31.3 Å². The fourth-order valence-corrected chi connectivity index (χ4v) is 3.33. The summed E-state index contributed by atoms with van der Waals surface area (Å²) in [6.07, 6.45) is 5.83. The number of carbonyl (C=O) groups is 1. The Hall–Kier alpha value is -2.27. The first-order chi connectivity index (χ1) is 11.2. The second kappa shape index (κ2) is 6.87. The highest BCUT2D eigenvalue weighted by molar-refractivity contribution is 5.73. The first-order valence-corrected chi connectivity index (χ1v) is 7.81. The van der Waals surface area contributed by atoms with E-state index in [0.29, 0.717) is 13.0 Å². The van der Waals surface area contributed by atoms with E-state index in [-0.39, 0.29) is 11.9 Å². The zero-order valence-electron chi connectivity index (χ0n) is 12.7. The van der Waals surface area contributed by atoms with Gasteiger partial charge in [-0.15, -0.1) is 0 Å². The van der Waals surface area contributed by atoms with Gasteiger partial charge in [-0.3, -0.25) is 14.7 Å². The molecule has 23 heavy (non-hydrogen) atoms. The standard InChI is InChI=1S/C18H19FN2O2/c19-15-5-3-4-14(12-15)17(13-7-9-20-10-8-13)21-11-2-1-6-16(21)18(22)23/h3-5,7-10,12,16-17H,1-2,6,11H2,(H,22,23). The number of aromatic nitrogens is 1. The second-order valence-electron chi connectivity index (χ2n) is 5.83. The molecule has 1 aromatic heterocycles. The summed E-state index contributed by atoms with van der Waals surface area (Å²) in [6.45, 7) is 0.681. The lowest BCUT2D eigenvalue weighted by Crippen LogP contribution is -2.46.